The van der Waals surface area contributed by atoms with Crippen molar-refractivity contribution in [3.8, 4) is 11.5 Å². The molecule has 0 spiro atoms. The van der Waals surface area contributed by atoms with Crippen molar-refractivity contribution < 1.29 is 13.9 Å². The van der Waals surface area contributed by atoms with E-state index in [-0.39, 0.29) is 12.6 Å². The summed E-state index contributed by atoms with van der Waals surface area (Å²) >= 11 is 0. The van der Waals surface area contributed by atoms with Gasteiger partial charge in [-0.1, -0.05) is 25.1 Å². The van der Waals surface area contributed by atoms with E-state index in [1.54, 1.807) is 6.07 Å². The van der Waals surface area contributed by atoms with Gasteiger partial charge in [0.15, 0.2) is 11.5 Å². The number of ether oxygens (including phenoxy) is 2. The van der Waals surface area contributed by atoms with Gasteiger partial charge < -0.3 is 24.6 Å². The zero-order chi connectivity index (χ0) is 21.2. The molecule has 31 heavy (non-hydrogen) atoms. The molecule has 2 aromatic carbocycles. The van der Waals surface area contributed by atoms with E-state index in [1.165, 1.54) is 6.07 Å². The fourth-order valence-electron chi connectivity index (χ4n) is 4.25. The molecule has 0 bridgehead atoms. The van der Waals surface area contributed by atoms with Gasteiger partial charge in [0.2, 0.25) is 6.79 Å². The molecule has 1 aromatic heterocycles. The van der Waals surface area contributed by atoms with E-state index in [9.17, 15) is 4.39 Å². The van der Waals surface area contributed by atoms with E-state index in [0.29, 0.717) is 18.7 Å². The van der Waals surface area contributed by atoms with E-state index in [1.807, 2.05) is 24.3 Å². The SMILES string of the molecule is CCN1CCN(c2nc3cc4c(cc3cc2CNCc2ccccc2F)OCO4)CC1. The third kappa shape index (κ3) is 4.16. The van der Waals surface area contributed by atoms with E-state index in [4.69, 9.17) is 14.5 Å². The number of likely N-dealkylation sites (N-methyl/N-ethyl adjacent to an activating group) is 1. The molecular weight excluding hydrogens is 395 g/mol. The second-order valence-corrected chi connectivity index (χ2v) is 7.99. The molecular formula is C24H27FN4O2. The monoisotopic (exact) mass is 422 g/mol. The zero-order valence-electron chi connectivity index (χ0n) is 17.7. The van der Waals surface area contributed by atoms with Gasteiger partial charge in [-0.2, -0.15) is 0 Å². The lowest BCUT2D eigenvalue weighted by Gasteiger charge is -2.35. The van der Waals surface area contributed by atoms with Gasteiger partial charge in [-0.15, -0.1) is 0 Å². The summed E-state index contributed by atoms with van der Waals surface area (Å²) in [6.07, 6.45) is 0. The minimum Gasteiger partial charge on any atom is -0.454 e. The van der Waals surface area contributed by atoms with Crippen LogP contribution in [0.25, 0.3) is 10.9 Å². The zero-order valence-corrected chi connectivity index (χ0v) is 17.7. The molecule has 2 aliphatic rings. The number of rotatable bonds is 6. The standard InChI is InChI=1S/C24H27FN4O2/c1-2-28-7-9-29(10-8-28)24-19(15-26-14-17-5-3-4-6-20(17)25)11-18-12-22-23(31-16-30-22)13-21(18)27-24/h3-6,11-13,26H,2,7-10,14-16H2,1H3. The second kappa shape index (κ2) is 8.69. The summed E-state index contributed by atoms with van der Waals surface area (Å²) in [5, 5.41) is 4.42. The minimum atomic E-state index is -0.185. The van der Waals surface area contributed by atoms with Gasteiger partial charge in [0.05, 0.1) is 5.52 Å². The first-order chi connectivity index (χ1) is 15.2. The highest BCUT2D eigenvalue weighted by atomic mass is 19.1. The van der Waals surface area contributed by atoms with Gasteiger partial charge in [0.1, 0.15) is 11.6 Å². The van der Waals surface area contributed by atoms with Crippen molar-refractivity contribution >= 4 is 16.7 Å². The van der Waals surface area contributed by atoms with Crippen LogP contribution in [0.1, 0.15) is 18.1 Å². The Morgan fingerprint density at radius 1 is 0.968 bits per heavy atom. The molecule has 3 heterocycles. The molecule has 5 rings (SSSR count). The normalized spacial score (nSPS) is 16.3. The van der Waals surface area contributed by atoms with Crippen LogP contribution in [0.5, 0.6) is 11.5 Å². The molecule has 1 N–H and O–H groups in total. The first kappa shape index (κ1) is 20.0. The second-order valence-electron chi connectivity index (χ2n) is 7.99. The Hall–Kier alpha value is -2.90. The van der Waals surface area contributed by atoms with Gasteiger partial charge >= 0.3 is 0 Å². The Labute approximate surface area is 181 Å². The van der Waals surface area contributed by atoms with E-state index >= 15 is 0 Å². The third-order valence-corrected chi connectivity index (χ3v) is 6.07. The number of hydrogen-bond donors (Lipinski definition) is 1. The highest BCUT2D eigenvalue weighted by molar-refractivity contribution is 5.85. The largest absolute Gasteiger partial charge is 0.454 e. The molecule has 0 aliphatic carbocycles. The maximum atomic E-state index is 14.0. The fourth-order valence-corrected chi connectivity index (χ4v) is 4.25. The Bertz CT molecular complexity index is 1080. The van der Waals surface area contributed by atoms with Gasteiger partial charge in [-0.3, -0.25) is 0 Å². The van der Waals surface area contributed by atoms with Crippen LogP contribution in [0, 0.1) is 5.82 Å². The minimum absolute atomic E-state index is 0.185. The summed E-state index contributed by atoms with van der Waals surface area (Å²) in [7, 11) is 0. The van der Waals surface area contributed by atoms with Crippen LogP contribution in [-0.4, -0.2) is 49.4 Å². The van der Waals surface area contributed by atoms with Crippen molar-refractivity contribution in [2.75, 3.05) is 44.4 Å². The number of nitrogens with one attached hydrogen (secondary N) is 1. The number of benzene rings is 2. The topological polar surface area (TPSA) is 49.9 Å². The summed E-state index contributed by atoms with van der Waals surface area (Å²) in [5.41, 5.74) is 2.67. The van der Waals surface area contributed by atoms with Crippen molar-refractivity contribution in [2.24, 2.45) is 0 Å². The van der Waals surface area contributed by atoms with E-state index in [0.717, 1.165) is 66.5 Å². The van der Waals surface area contributed by atoms with Gasteiger partial charge in [0, 0.05) is 61.8 Å². The Kier molecular flexibility index (Phi) is 5.61. The quantitative estimate of drug-likeness (QED) is 0.656. The molecule has 1 fully saturated rings. The lowest BCUT2D eigenvalue weighted by molar-refractivity contribution is 0.174. The summed E-state index contributed by atoms with van der Waals surface area (Å²) in [6, 6.07) is 13.0. The van der Waals surface area contributed by atoms with Crippen LogP contribution in [0.15, 0.2) is 42.5 Å². The van der Waals surface area contributed by atoms with Crippen LogP contribution in [0.3, 0.4) is 0 Å². The Morgan fingerprint density at radius 2 is 1.71 bits per heavy atom. The van der Waals surface area contributed by atoms with Crippen LogP contribution in [0.4, 0.5) is 10.2 Å². The van der Waals surface area contributed by atoms with Crippen LogP contribution >= 0.6 is 0 Å². The molecule has 3 aromatic rings. The summed E-state index contributed by atoms with van der Waals surface area (Å²) < 4.78 is 25.1. The van der Waals surface area contributed by atoms with Crippen LogP contribution < -0.4 is 19.7 Å². The number of hydrogen-bond acceptors (Lipinski definition) is 6. The highest BCUT2D eigenvalue weighted by Gasteiger charge is 2.22. The van der Waals surface area contributed by atoms with Crippen molar-refractivity contribution in [3.05, 3.63) is 59.4 Å². The predicted molar refractivity (Wildman–Crippen MR) is 119 cm³/mol. The molecule has 0 amide bonds. The van der Waals surface area contributed by atoms with Gasteiger partial charge in [-0.25, -0.2) is 9.37 Å². The average molecular weight is 423 g/mol. The van der Waals surface area contributed by atoms with Crippen molar-refractivity contribution in [1.82, 2.24) is 15.2 Å². The maximum Gasteiger partial charge on any atom is 0.231 e. The lowest BCUT2D eigenvalue weighted by atomic mass is 10.1. The number of piperazine rings is 1. The molecule has 6 nitrogen and oxygen atoms in total. The average Bonchev–Trinajstić information content (AvgIpc) is 3.25. The number of anilines is 1. The highest BCUT2D eigenvalue weighted by Crippen LogP contribution is 2.37. The van der Waals surface area contributed by atoms with Crippen molar-refractivity contribution in [2.45, 2.75) is 20.0 Å². The number of halogens is 1. The molecule has 0 unspecified atom stereocenters. The van der Waals surface area contributed by atoms with Crippen molar-refractivity contribution in [3.63, 3.8) is 0 Å². The van der Waals surface area contributed by atoms with Crippen LogP contribution in [-0.2, 0) is 13.1 Å². The fraction of sp³-hybridized carbons (Fsp3) is 0.375. The molecule has 162 valence electrons. The number of fused-ring (bicyclic) bond motifs is 2. The molecule has 0 saturated carbocycles. The Balaban J connectivity index is 1.43. The smallest absolute Gasteiger partial charge is 0.231 e. The molecule has 0 radical (unpaired) electrons. The number of nitrogens with zero attached hydrogens (tertiary/aromatic N) is 3. The summed E-state index contributed by atoms with van der Waals surface area (Å²) in [5.74, 6) is 2.30. The third-order valence-electron chi connectivity index (χ3n) is 6.07. The van der Waals surface area contributed by atoms with Crippen LogP contribution in [0.2, 0.25) is 0 Å². The first-order valence-corrected chi connectivity index (χ1v) is 10.9. The number of pyridine rings is 1. The molecule has 7 heteroatoms. The van der Waals surface area contributed by atoms with Gasteiger partial charge in [0.25, 0.3) is 0 Å². The molecule has 0 atom stereocenters. The molecule has 2 aliphatic heterocycles. The lowest BCUT2D eigenvalue weighted by Crippen LogP contribution is -2.46. The number of aromatic nitrogens is 1. The predicted octanol–water partition coefficient (Wildman–Crippen LogP) is 3.53. The van der Waals surface area contributed by atoms with E-state index in [2.05, 4.69) is 28.1 Å². The Morgan fingerprint density at radius 3 is 2.48 bits per heavy atom. The first-order valence-electron chi connectivity index (χ1n) is 10.9. The van der Waals surface area contributed by atoms with Crippen molar-refractivity contribution in [1.29, 1.82) is 0 Å². The van der Waals surface area contributed by atoms with E-state index < -0.39 is 0 Å². The van der Waals surface area contributed by atoms with Gasteiger partial charge in [-0.05, 0) is 24.7 Å². The summed E-state index contributed by atoms with van der Waals surface area (Å²) in [4.78, 5) is 9.84. The summed E-state index contributed by atoms with van der Waals surface area (Å²) in [6.45, 7) is 8.52. The maximum absolute atomic E-state index is 14.0. The molecule has 1 saturated heterocycles.